The van der Waals surface area contributed by atoms with E-state index in [1.165, 1.54) is 12.1 Å². The molecule has 2 amide bonds. The van der Waals surface area contributed by atoms with Crippen molar-refractivity contribution in [3.05, 3.63) is 66.8 Å². The number of rotatable bonds is 3. The molecule has 1 fully saturated rings. The first-order valence-electron chi connectivity index (χ1n) is 9.99. The second-order valence-corrected chi connectivity index (χ2v) is 7.56. The van der Waals surface area contributed by atoms with Crippen LogP contribution in [0.2, 0.25) is 0 Å². The Bertz CT molecular complexity index is 1250. The van der Waals surface area contributed by atoms with Gasteiger partial charge in [-0.2, -0.15) is 13.2 Å². The SMILES string of the molecule is O=C(Nc1ccc(C(F)(F)F)cc1)N1CC[C@H](n2c(-c3ccoc3)nc3cccnc32)C1. The largest absolute Gasteiger partial charge is 0.472 e. The summed E-state index contributed by atoms with van der Waals surface area (Å²) in [5.74, 6) is 0.711. The number of likely N-dealkylation sites (tertiary alicyclic amines) is 1. The Labute approximate surface area is 180 Å². The number of anilines is 1. The third kappa shape index (κ3) is 3.68. The average molecular weight is 441 g/mol. The fraction of sp³-hybridized carbons (Fsp3) is 0.227. The molecule has 1 aliphatic rings. The van der Waals surface area contributed by atoms with E-state index < -0.39 is 11.7 Å². The molecule has 0 aliphatic carbocycles. The maximum Gasteiger partial charge on any atom is 0.416 e. The van der Waals surface area contributed by atoms with Gasteiger partial charge in [0.15, 0.2) is 5.65 Å². The van der Waals surface area contributed by atoms with Gasteiger partial charge in [-0.25, -0.2) is 14.8 Å². The van der Waals surface area contributed by atoms with Crippen molar-refractivity contribution in [3.63, 3.8) is 0 Å². The number of hydrogen-bond donors (Lipinski definition) is 1. The average Bonchev–Trinajstić information content (AvgIpc) is 3.51. The topological polar surface area (TPSA) is 76.2 Å². The maximum atomic E-state index is 12.7. The third-order valence-corrected chi connectivity index (χ3v) is 5.51. The number of alkyl halides is 3. The zero-order valence-corrected chi connectivity index (χ0v) is 16.7. The predicted octanol–water partition coefficient (Wildman–Crippen LogP) is 5.19. The number of nitrogens with one attached hydrogen (secondary N) is 1. The lowest BCUT2D eigenvalue weighted by Crippen LogP contribution is -2.33. The van der Waals surface area contributed by atoms with Gasteiger partial charge in [-0.05, 0) is 48.9 Å². The fourth-order valence-corrected chi connectivity index (χ4v) is 3.95. The fourth-order valence-electron chi connectivity index (χ4n) is 3.95. The Morgan fingerprint density at radius 1 is 1.16 bits per heavy atom. The van der Waals surface area contributed by atoms with E-state index in [0.29, 0.717) is 31.0 Å². The summed E-state index contributed by atoms with van der Waals surface area (Å²) >= 11 is 0. The molecule has 1 aliphatic heterocycles. The summed E-state index contributed by atoms with van der Waals surface area (Å²) in [6, 6.07) is 9.49. The van der Waals surface area contributed by atoms with Crippen LogP contribution in [0.1, 0.15) is 18.0 Å². The number of amides is 2. The van der Waals surface area contributed by atoms with Crippen LogP contribution in [0.3, 0.4) is 0 Å². The number of nitrogens with zero attached hydrogens (tertiary/aromatic N) is 4. The van der Waals surface area contributed by atoms with Crippen molar-refractivity contribution in [3.8, 4) is 11.4 Å². The minimum absolute atomic E-state index is 0.0573. The Balaban J connectivity index is 1.35. The first kappa shape index (κ1) is 20.1. The number of furan rings is 1. The van der Waals surface area contributed by atoms with Crippen molar-refractivity contribution in [2.24, 2.45) is 0 Å². The van der Waals surface area contributed by atoms with Gasteiger partial charge in [0.1, 0.15) is 17.6 Å². The van der Waals surface area contributed by atoms with Gasteiger partial charge in [0.05, 0.1) is 23.4 Å². The van der Waals surface area contributed by atoms with Gasteiger partial charge in [-0.15, -0.1) is 0 Å². The summed E-state index contributed by atoms with van der Waals surface area (Å²) in [6.07, 6.45) is 1.16. The molecule has 0 bridgehead atoms. The number of urea groups is 1. The van der Waals surface area contributed by atoms with Crippen molar-refractivity contribution in [2.75, 3.05) is 18.4 Å². The maximum absolute atomic E-state index is 12.7. The van der Waals surface area contributed by atoms with E-state index in [4.69, 9.17) is 9.40 Å². The molecule has 7 nitrogen and oxygen atoms in total. The van der Waals surface area contributed by atoms with Crippen LogP contribution in [0.15, 0.2) is 65.6 Å². The highest BCUT2D eigenvalue weighted by Gasteiger charge is 2.32. The molecule has 0 saturated carbocycles. The van der Waals surface area contributed by atoms with Gasteiger partial charge in [-0.1, -0.05) is 0 Å². The standard InChI is InChI=1S/C22H18F3N5O2/c23-22(24,25)15-3-5-16(6-4-15)27-21(31)29-10-7-17(12-29)30-19(14-8-11-32-13-14)28-18-2-1-9-26-20(18)30/h1-6,8-9,11,13,17H,7,10,12H2,(H,27,31)/t17-/m0/s1. The number of halogens is 3. The second kappa shape index (κ2) is 7.70. The van der Waals surface area contributed by atoms with Crippen molar-refractivity contribution >= 4 is 22.9 Å². The van der Waals surface area contributed by atoms with Crippen LogP contribution in [0.25, 0.3) is 22.6 Å². The zero-order chi connectivity index (χ0) is 22.3. The highest BCUT2D eigenvalue weighted by atomic mass is 19.4. The summed E-state index contributed by atoms with van der Waals surface area (Å²) in [5, 5.41) is 2.67. The Morgan fingerprint density at radius 3 is 2.69 bits per heavy atom. The monoisotopic (exact) mass is 441 g/mol. The van der Waals surface area contributed by atoms with Gasteiger partial charge < -0.3 is 19.2 Å². The first-order chi connectivity index (χ1) is 15.4. The van der Waals surface area contributed by atoms with E-state index in [2.05, 4.69) is 10.3 Å². The van der Waals surface area contributed by atoms with E-state index >= 15 is 0 Å². The van der Waals surface area contributed by atoms with Crippen LogP contribution in [-0.4, -0.2) is 38.6 Å². The summed E-state index contributed by atoms with van der Waals surface area (Å²) in [7, 11) is 0. The molecule has 4 heterocycles. The lowest BCUT2D eigenvalue weighted by molar-refractivity contribution is -0.137. The van der Waals surface area contributed by atoms with Crippen LogP contribution in [0, 0.1) is 0 Å². The first-order valence-corrected chi connectivity index (χ1v) is 9.99. The molecule has 0 unspecified atom stereocenters. The van der Waals surface area contributed by atoms with Gasteiger partial charge in [0.25, 0.3) is 0 Å². The molecule has 1 saturated heterocycles. The summed E-state index contributed by atoms with van der Waals surface area (Å²) < 4.78 is 45.4. The summed E-state index contributed by atoms with van der Waals surface area (Å²) in [4.78, 5) is 23.5. The van der Waals surface area contributed by atoms with Crippen LogP contribution in [-0.2, 0) is 6.18 Å². The van der Waals surface area contributed by atoms with Crippen molar-refractivity contribution < 1.29 is 22.4 Å². The number of fused-ring (bicyclic) bond motifs is 1. The molecule has 5 rings (SSSR count). The number of imidazole rings is 1. The molecule has 0 spiro atoms. The third-order valence-electron chi connectivity index (χ3n) is 5.51. The van der Waals surface area contributed by atoms with Gasteiger partial charge >= 0.3 is 12.2 Å². The Kier molecular flexibility index (Phi) is 4.84. The van der Waals surface area contributed by atoms with E-state index in [1.54, 1.807) is 23.6 Å². The molecule has 1 atom stereocenters. The minimum atomic E-state index is -4.42. The quantitative estimate of drug-likeness (QED) is 0.475. The number of carbonyl (C=O) groups is 1. The van der Waals surface area contributed by atoms with Crippen molar-refractivity contribution in [2.45, 2.75) is 18.6 Å². The van der Waals surface area contributed by atoms with E-state index in [1.807, 2.05) is 22.8 Å². The van der Waals surface area contributed by atoms with Crippen molar-refractivity contribution in [1.82, 2.24) is 19.4 Å². The summed E-state index contributed by atoms with van der Waals surface area (Å²) in [6.45, 7) is 0.911. The number of carbonyl (C=O) groups excluding carboxylic acids is 1. The number of aromatic nitrogens is 3. The van der Waals surface area contributed by atoms with Gasteiger partial charge in [0.2, 0.25) is 0 Å². The number of hydrogen-bond acceptors (Lipinski definition) is 4. The second-order valence-electron chi connectivity index (χ2n) is 7.56. The van der Waals surface area contributed by atoms with Crippen LogP contribution < -0.4 is 5.32 Å². The predicted molar refractivity (Wildman–Crippen MR) is 111 cm³/mol. The Hall–Kier alpha value is -3.82. The number of benzene rings is 1. The van der Waals surface area contributed by atoms with E-state index in [9.17, 15) is 18.0 Å². The molecule has 4 aromatic rings. The lowest BCUT2D eigenvalue weighted by Gasteiger charge is -2.19. The normalized spacial score (nSPS) is 16.6. The molecule has 3 aromatic heterocycles. The van der Waals surface area contributed by atoms with Crippen LogP contribution in [0.5, 0.6) is 0 Å². The molecule has 1 aromatic carbocycles. The highest BCUT2D eigenvalue weighted by molar-refractivity contribution is 5.89. The van der Waals surface area contributed by atoms with E-state index in [0.717, 1.165) is 28.9 Å². The molecule has 10 heteroatoms. The summed E-state index contributed by atoms with van der Waals surface area (Å²) in [5.41, 5.74) is 1.83. The highest BCUT2D eigenvalue weighted by Crippen LogP contribution is 2.33. The lowest BCUT2D eigenvalue weighted by atomic mass is 10.2. The smallest absolute Gasteiger partial charge is 0.416 e. The molecule has 0 radical (unpaired) electrons. The van der Waals surface area contributed by atoms with Crippen LogP contribution >= 0.6 is 0 Å². The molecular formula is C22H18F3N5O2. The molecule has 32 heavy (non-hydrogen) atoms. The molecular weight excluding hydrogens is 423 g/mol. The van der Waals surface area contributed by atoms with E-state index in [-0.39, 0.29) is 12.1 Å². The number of pyridine rings is 1. The molecule has 1 N–H and O–H groups in total. The van der Waals surface area contributed by atoms with Gasteiger partial charge in [0, 0.05) is 25.0 Å². The van der Waals surface area contributed by atoms with Gasteiger partial charge in [-0.3, -0.25) is 0 Å². The van der Waals surface area contributed by atoms with Crippen molar-refractivity contribution in [1.29, 1.82) is 0 Å². The van der Waals surface area contributed by atoms with Crippen LogP contribution in [0.4, 0.5) is 23.7 Å². The zero-order valence-electron chi connectivity index (χ0n) is 16.7. The minimum Gasteiger partial charge on any atom is -0.472 e. The Morgan fingerprint density at radius 2 is 1.97 bits per heavy atom. The molecule has 164 valence electrons.